The van der Waals surface area contributed by atoms with Gasteiger partial charge in [-0.3, -0.25) is 0 Å². The van der Waals surface area contributed by atoms with E-state index in [0.29, 0.717) is 16.8 Å². The molecule has 2 heterocycles. The summed E-state index contributed by atoms with van der Waals surface area (Å²) in [6.45, 7) is 2.90. The van der Waals surface area contributed by atoms with Gasteiger partial charge in [-0.25, -0.2) is 9.97 Å². The highest BCUT2D eigenvalue weighted by Crippen LogP contribution is 2.21. The second-order valence-electron chi connectivity index (χ2n) is 5.26. The molecule has 0 aliphatic carbocycles. The Morgan fingerprint density at radius 1 is 1.19 bits per heavy atom. The zero-order valence-corrected chi connectivity index (χ0v) is 12.5. The molecular formula is C16H18ClN3O. The molecule has 5 heteroatoms. The summed E-state index contributed by atoms with van der Waals surface area (Å²) in [7, 11) is 0. The number of piperidine rings is 1. The number of aromatic nitrogens is 2. The average molecular weight is 304 g/mol. The minimum Gasteiger partial charge on any atom is -0.490 e. The number of rotatable bonds is 4. The monoisotopic (exact) mass is 303 g/mol. The number of ether oxygens (including phenoxy) is 1. The number of hydrogen-bond donors (Lipinski definition) is 1. The van der Waals surface area contributed by atoms with Crippen LogP contribution in [0.15, 0.2) is 36.7 Å². The standard InChI is InChI=1S/C16H18ClN3O/c17-14-3-1-2-13(8-14)16-19-9-15(10-20-16)21-11-12-4-6-18-7-5-12/h1-3,8-10,12,18H,4-7,11H2. The second kappa shape index (κ2) is 6.87. The van der Waals surface area contributed by atoms with Crippen LogP contribution in [0.5, 0.6) is 5.75 Å². The van der Waals surface area contributed by atoms with Gasteiger partial charge in [-0.15, -0.1) is 0 Å². The van der Waals surface area contributed by atoms with Gasteiger partial charge in [-0.2, -0.15) is 0 Å². The van der Waals surface area contributed by atoms with Crippen molar-refractivity contribution in [3.05, 3.63) is 41.7 Å². The SMILES string of the molecule is Clc1cccc(-c2ncc(OCC3CCNCC3)cn2)c1. The highest BCUT2D eigenvalue weighted by Gasteiger charge is 2.13. The highest BCUT2D eigenvalue weighted by molar-refractivity contribution is 6.30. The molecule has 1 N–H and O–H groups in total. The summed E-state index contributed by atoms with van der Waals surface area (Å²) < 4.78 is 5.78. The molecule has 21 heavy (non-hydrogen) atoms. The third-order valence-corrected chi connectivity index (χ3v) is 3.89. The van der Waals surface area contributed by atoms with E-state index >= 15 is 0 Å². The predicted molar refractivity (Wildman–Crippen MR) is 83.6 cm³/mol. The Morgan fingerprint density at radius 2 is 1.95 bits per heavy atom. The first kappa shape index (κ1) is 14.3. The molecule has 110 valence electrons. The van der Waals surface area contributed by atoms with E-state index in [1.165, 1.54) is 12.8 Å². The summed E-state index contributed by atoms with van der Waals surface area (Å²) in [5, 5.41) is 4.03. The lowest BCUT2D eigenvalue weighted by Gasteiger charge is -2.22. The van der Waals surface area contributed by atoms with Crippen LogP contribution in [-0.4, -0.2) is 29.7 Å². The largest absolute Gasteiger partial charge is 0.490 e. The molecule has 1 aromatic carbocycles. The topological polar surface area (TPSA) is 47.0 Å². The van der Waals surface area contributed by atoms with Gasteiger partial charge in [-0.05, 0) is 44.0 Å². The van der Waals surface area contributed by atoms with Gasteiger partial charge in [0.1, 0.15) is 0 Å². The van der Waals surface area contributed by atoms with E-state index in [2.05, 4.69) is 15.3 Å². The maximum Gasteiger partial charge on any atom is 0.159 e. The third kappa shape index (κ3) is 3.93. The first-order chi connectivity index (χ1) is 10.3. The molecule has 0 unspecified atom stereocenters. The third-order valence-electron chi connectivity index (χ3n) is 3.66. The van der Waals surface area contributed by atoms with E-state index in [1.54, 1.807) is 12.4 Å². The first-order valence-electron chi connectivity index (χ1n) is 7.23. The van der Waals surface area contributed by atoms with Crippen LogP contribution in [0.2, 0.25) is 5.02 Å². The fourth-order valence-corrected chi connectivity index (χ4v) is 2.62. The van der Waals surface area contributed by atoms with Crippen molar-refractivity contribution in [1.29, 1.82) is 0 Å². The zero-order chi connectivity index (χ0) is 14.5. The molecule has 1 fully saturated rings. The Balaban J connectivity index is 1.61. The normalized spacial score (nSPS) is 15.9. The Kier molecular flexibility index (Phi) is 4.68. The van der Waals surface area contributed by atoms with Crippen LogP contribution in [0, 0.1) is 5.92 Å². The summed E-state index contributed by atoms with van der Waals surface area (Å²) in [4.78, 5) is 8.69. The van der Waals surface area contributed by atoms with Crippen LogP contribution in [0.25, 0.3) is 11.4 Å². The molecule has 3 rings (SSSR count). The minimum atomic E-state index is 0.624. The molecule has 0 atom stereocenters. The average Bonchev–Trinajstić information content (AvgIpc) is 2.54. The Hall–Kier alpha value is -1.65. The summed E-state index contributed by atoms with van der Waals surface area (Å²) in [5.74, 6) is 2.00. The fraction of sp³-hybridized carbons (Fsp3) is 0.375. The number of benzene rings is 1. The number of halogens is 1. The summed E-state index contributed by atoms with van der Waals surface area (Å²) >= 11 is 5.98. The maximum atomic E-state index is 5.98. The van der Waals surface area contributed by atoms with Gasteiger partial charge in [0.15, 0.2) is 11.6 Å². The molecule has 1 aromatic heterocycles. The van der Waals surface area contributed by atoms with E-state index in [9.17, 15) is 0 Å². The van der Waals surface area contributed by atoms with Crippen molar-refractivity contribution in [3.63, 3.8) is 0 Å². The summed E-state index contributed by atoms with van der Waals surface area (Å²) in [6.07, 6.45) is 5.79. The van der Waals surface area contributed by atoms with Crippen LogP contribution >= 0.6 is 11.6 Å². The van der Waals surface area contributed by atoms with Crippen molar-refractivity contribution in [1.82, 2.24) is 15.3 Å². The highest BCUT2D eigenvalue weighted by atomic mass is 35.5. The van der Waals surface area contributed by atoms with Crippen molar-refractivity contribution in [2.45, 2.75) is 12.8 Å². The van der Waals surface area contributed by atoms with Crippen LogP contribution in [-0.2, 0) is 0 Å². The Labute approximate surface area is 129 Å². The Morgan fingerprint density at radius 3 is 2.67 bits per heavy atom. The number of nitrogens with zero attached hydrogens (tertiary/aromatic N) is 2. The van der Waals surface area contributed by atoms with Crippen molar-refractivity contribution in [2.75, 3.05) is 19.7 Å². The van der Waals surface area contributed by atoms with Gasteiger partial charge >= 0.3 is 0 Å². The number of nitrogens with one attached hydrogen (secondary N) is 1. The second-order valence-corrected chi connectivity index (χ2v) is 5.69. The molecule has 4 nitrogen and oxygen atoms in total. The van der Waals surface area contributed by atoms with E-state index in [-0.39, 0.29) is 0 Å². The lowest BCUT2D eigenvalue weighted by Crippen LogP contribution is -2.30. The molecule has 0 saturated carbocycles. The molecule has 1 saturated heterocycles. The van der Waals surface area contributed by atoms with E-state index < -0.39 is 0 Å². The Bertz CT molecular complexity index is 582. The smallest absolute Gasteiger partial charge is 0.159 e. The first-order valence-corrected chi connectivity index (χ1v) is 7.60. The number of hydrogen-bond acceptors (Lipinski definition) is 4. The molecule has 1 aliphatic heterocycles. The molecule has 0 radical (unpaired) electrons. The van der Waals surface area contributed by atoms with Crippen molar-refractivity contribution in [3.8, 4) is 17.1 Å². The van der Waals surface area contributed by atoms with Gasteiger partial charge in [0.05, 0.1) is 19.0 Å². The van der Waals surface area contributed by atoms with Crippen molar-refractivity contribution >= 4 is 11.6 Å². The van der Waals surface area contributed by atoms with Gasteiger partial charge in [-0.1, -0.05) is 23.7 Å². The predicted octanol–water partition coefficient (Wildman–Crippen LogP) is 3.18. The van der Waals surface area contributed by atoms with Gasteiger partial charge in [0.2, 0.25) is 0 Å². The van der Waals surface area contributed by atoms with Gasteiger partial charge in [0.25, 0.3) is 0 Å². The van der Waals surface area contributed by atoms with Gasteiger partial charge in [0, 0.05) is 10.6 Å². The lowest BCUT2D eigenvalue weighted by molar-refractivity contribution is 0.214. The quantitative estimate of drug-likeness (QED) is 0.942. The summed E-state index contributed by atoms with van der Waals surface area (Å²) in [5.41, 5.74) is 0.910. The molecule has 0 amide bonds. The zero-order valence-electron chi connectivity index (χ0n) is 11.8. The van der Waals surface area contributed by atoms with Crippen LogP contribution in [0.1, 0.15) is 12.8 Å². The lowest BCUT2D eigenvalue weighted by atomic mass is 9.99. The van der Waals surface area contributed by atoms with Crippen molar-refractivity contribution < 1.29 is 4.74 Å². The molecule has 0 spiro atoms. The van der Waals surface area contributed by atoms with Crippen molar-refractivity contribution in [2.24, 2.45) is 5.92 Å². The summed E-state index contributed by atoms with van der Waals surface area (Å²) in [6, 6.07) is 7.52. The van der Waals surface area contributed by atoms with Crippen LogP contribution in [0.3, 0.4) is 0 Å². The van der Waals surface area contributed by atoms with E-state index in [4.69, 9.17) is 16.3 Å². The van der Waals surface area contributed by atoms with Crippen LogP contribution < -0.4 is 10.1 Å². The van der Waals surface area contributed by atoms with E-state index in [0.717, 1.165) is 31.0 Å². The molecule has 1 aliphatic rings. The van der Waals surface area contributed by atoms with Crippen LogP contribution in [0.4, 0.5) is 0 Å². The molecular weight excluding hydrogens is 286 g/mol. The molecule has 2 aromatic rings. The van der Waals surface area contributed by atoms with E-state index in [1.807, 2.05) is 24.3 Å². The minimum absolute atomic E-state index is 0.624. The van der Waals surface area contributed by atoms with Gasteiger partial charge < -0.3 is 10.1 Å². The fourth-order valence-electron chi connectivity index (χ4n) is 2.43. The maximum absolute atomic E-state index is 5.98. The molecule has 0 bridgehead atoms.